The molecule has 0 aromatic carbocycles. The van der Waals surface area contributed by atoms with Crippen LogP contribution in [0.4, 0.5) is 19.8 Å². The Bertz CT molecular complexity index is 1380. The number of amides is 2. The summed E-state index contributed by atoms with van der Waals surface area (Å²) in [4.78, 5) is 63.6. The number of rotatable bonds is 7. The highest BCUT2D eigenvalue weighted by Crippen LogP contribution is 2.32. The van der Waals surface area contributed by atoms with E-state index in [2.05, 4.69) is 28.7 Å². The molecule has 11 nitrogen and oxygen atoms in total. The third kappa shape index (κ3) is 8.37. The second kappa shape index (κ2) is 13.4. The molecule has 1 aliphatic heterocycles. The average Bonchev–Trinajstić information content (AvgIpc) is 2.91. The number of hydrogen-bond donors (Lipinski definition) is 1. The SMILES string of the molecule is CC(C(=O)c1nc(-c2ccnc(N(C(=O)OC(C)(C)C)C(=O)OC(C)(C)C)c2F)ccc1O)C(=O)C1CCN(C(C)C)CC1. The molecule has 240 valence electrons. The molecule has 1 saturated heterocycles. The van der Waals surface area contributed by atoms with Gasteiger partial charge in [0.2, 0.25) is 0 Å². The van der Waals surface area contributed by atoms with Crippen molar-refractivity contribution in [2.75, 3.05) is 18.0 Å². The smallest absolute Gasteiger partial charge is 0.425 e. The minimum Gasteiger partial charge on any atom is -0.506 e. The first-order chi connectivity index (χ1) is 20.3. The van der Waals surface area contributed by atoms with Crippen molar-refractivity contribution >= 4 is 29.6 Å². The quantitative estimate of drug-likeness (QED) is 0.284. The average molecular weight is 615 g/mol. The van der Waals surface area contributed by atoms with Crippen molar-refractivity contribution in [2.45, 2.75) is 92.4 Å². The fraction of sp³-hybridized carbons (Fsp3) is 0.562. The normalized spacial score (nSPS) is 15.5. The number of carbonyl (C=O) groups is 4. The number of ether oxygens (including phenoxy) is 2. The van der Waals surface area contributed by atoms with E-state index in [0.717, 1.165) is 19.3 Å². The lowest BCUT2D eigenvalue weighted by atomic mass is 9.83. The highest BCUT2D eigenvalue weighted by molar-refractivity contribution is 6.11. The minimum atomic E-state index is -1.21. The van der Waals surface area contributed by atoms with Crippen molar-refractivity contribution in [1.29, 1.82) is 0 Å². The van der Waals surface area contributed by atoms with Gasteiger partial charge in [0.05, 0.1) is 11.6 Å². The lowest BCUT2D eigenvalue weighted by Gasteiger charge is -2.34. The molecule has 12 heteroatoms. The van der Waals surface area contributed by atoms with E-state index in [1.165, 1.54) is 25.1 Å². The van der Waals surface area contributed by atoms with Crippen molar-refractivity contribution in [3.05, 3.63) is 35.9 Å². The number of hydrogen-bond acceptors (Lipinski definition) is 10. The summed E-state index contributed by atoms with van der Waals surface area (Å²) in [5.41, 5.74) is -2.76. The van der Waals surface area contributed by atoms with Crippen LogP contribution in [0.2, 0.25) is 0 Å². The fourth-order valence-corrected chi connectivity index (χ4v) is 4.82. The first kappa shape index (κ1) is 34.6. The maximum atomic E-state index is 16.1. The highest BCUT2D eigenvalue weighted by Gasteiger charge is 2.37. The molecule has 1 fully saturated rings. The van der Waals surface area contributed by atoms with E-state index < -0.39 is 58.2 Å². The number of ketones is 2. The van der Waals surface area contributed by atoms with E-state index in [-0.39, 0.29) is 23.0 Å². The number of likely N-dealkylation sites (tertiary alicyclic amines) is 1. The summed E-state index contributed by atoms with van der Waals surface area (Å²) in [6, 6.07) is 4.05. The van der Waals surface area contributed by atoms with Crippen LogP contribution in [0.25, 0.3) is 11.3 Å². The summed E-state index contributed by atoms with van der Waals surface area (Å²) < 4.78 is 26.7. The Hall–Kier alpha value is -3.93. The molecule has 0 saturated carbocycles. The number of carbonyl (C=O) groups excluding carboxylic acids is 4. The van der Waals surface area contributed by atoms with Crippen LogP contribution in [0.3, 0.4) is 0 Å². The zero-order valence-electron chi connectivity index (χ0n) is 26.9. The van der Waals surface area contributed by atoms with Gasteiger partial charge < -0.3 is 19.5 Å². The summed E-state index contributed by atoms with van der Waals surface area (Å²) >= 11 is 0. The molecule has 2 aromatic heterocycles. The first-order valence-electron chi connectivity index (χ1n) is 14.7. The molecule has 3 rings (SSSR count). The molecular formula is C32H43FN4O7. The predicted molar refractivity (Wildman–Crippen MR) is 162 cm³/mol. The number of Topliss-reactive ketones (excluding diaryl/α,β-unsaturated/α-hetero) is 2. The lowest BCUT2D eigenvalue weighted by molar-refractivity contribution is -0.126. The van der Waals surface area contributed by atoms with Crippen molar-refractivity contribution in [3.63, 3.8) is 0 Å². The van der Waals surface area contributed by atoms with Gasteiger partial charge in [0.15, 0.2) is 17.4 Å². The van der Waals surface area contributed by atoms with E-state index in [1.54, 1.807) is 41.5 Å². The predicted octanol–water partition coefficient (Wildman–Crippen LogP) is 6.17. The van der Waals surface area contributed by atoms with Crippen LogP contribution in [0.5, 0.6) is 5.75 Å². The Kier molecular flexibility index (Phi) is 10.5. The van der Waals surface area contributed by atoms with Crippen molar-refractivity contribution in [2.24, 2.45) is 11.8 Å². The topological polar surface area (TPSA) is 139 Å². The Balaban J connectivity index is 1.96. The molecule has 0 aliphatic carbocycles. The van der Waals surface area contributed by atoms with Crippen LogP contribution in [0, 0.1) is 17.7 Å². The van der Waals surface area contributed by atoms with Gasteiger partial charge in [0, 0.05) is 23.7 Å². The zero-order valence-corrected chi connectivity index (χ0v) is 26.9. The monoisotopic (exact) mass is 614 g/mol. The minimum absolute atomic E-state index is 0.0921. The maximum Gasteiger partial charge on any atom is 0.425 e. The zero-order chi connectivity index (χ0) is 33.1. The number of aromatic hydroxyl groups is 1. The summed E-state index contributed by atoms with van der Waals surface area (Å²) in [5.74, 6) is -4.58. The molecule has 1 atom stereocenters. The molecule has 1 aliphatic rings. The van der Waals surface area contributed by atoms with Gasteiger partial charge >= 0.3 is 12.2 Å². The van der Waals surface area contributed by atoms with Gasteiger partial charge in [-0.1, -0.05) is 0 Å². The van der Waals surface area contributed by atoms with Crippen LogP contribution in [0.15, 0.2) is 24.4 Å². The Morgan fingerprint density at radius 3 is 2.00 bits per heavy atom. The Labute approximate surface area is 257 Å². The van der Waals surface area contributed by atoms with Gasteiger partial charge in [-0.15, -0.1) is 0 Å². The van der Waals surface area contributed by atoms with E-state index in [4.69, 9.17) is 9.47 Å². The molecule has 3 heterocycles. The highest BCUT2D eigenvalue weighted by atomic mass is 19.1. The standard InChI is InChI=1S/C32H43FN4O7/c1-18(2)36-16-13-20(14-17-36)26(39)19(3)27(40)25-23(38)11-10-22(35-25)21-12-15-34-28(24(21)33)37(29(41)43-31(4,5)6)30(42)44-32(7,8)9/h10-12,15,18-20,38H,13-14,16-17H2,1-9H3. The number of aromatic nitrogens is 2. The van der Waals surface area contributed by atoms with Crippen molar-refractivity contribution in [3.8, 4) is 17.0 Å². The summed E-state index contributed by atoms with van der Waals surface area (Å²) in [5, 5.41) is 10.5. The van der Waals surface area contributed by atoms with Gasteiger partial charge in [-0.2, -0.15) is 4.90 Å². The molecule has 2 aromatic rings. The molecule has 0 spiro atoms. The first-order valence-corrected chi connectivity index (χ1v) is 14.7. The van der Waals surface area contributed by atoms with Gasteiger partial charge in [0.1, 0.15) is 28.4 Å². The Morgan fingerprint density at radius 2 is 1.50 bits per heavy atom. The van der Waals surface area contributed by atoms with Crippen molar-refractivity contribution < 1.29 is 38.1 Å². The number of piperidine rings is 1. The third-order valence-electron chi connectivity index (χ3n) is 7.10. The van der Waals surface area contributed by atoms with E-state index in [1.807, 2.05) is 0 Å². The molecule has 44 heavy (non-hydrogen) atoms. The fourth-order valence-electron chi connectivity index (χ4n) is 4.82. The summed E-state index contributed by atoms with van der Waals surface area (Å²) in [6.45, 7) is 16.7. The molecular weight excluding hydrogens is 571 g/mol. The Morgan fingerprint density at radius 1 is 0.955 bits per heavy atom. The lowest BCUT2D eigenvalue weighted by Crippen LogP contribution is -2.44. The third-order valence-corrected chi connectivity index (χ3v) is 7.10. The second-order valence-electron chi connectivity index (χ2n) is 13.2. The molecule has 1 unspecified atom stereocenters. The largest absolute Gasteiger partial charge is 0.506 e. The van der Waals surface area contributed by atoms with Gasteiger partial charge in [-0.05, 0) is 106 Å². The summed E-state index contributed by atoms with van der Waals surface area (Å²) in [6.07, 6.45) is -0.00969. The van der Waals surface area contributed by atoms with Crippen LogP contribution in [-0.4, -0.2) is 74.1 Å². The number of anilines is 1. The van der Waals surface area contributed by atoms with Crippen LogP contribution in [0.1, 0.15) is 85.6 Å². The number of halogens is 1. The van der Waals surface area contributed by atoms with E-state index >= 15 is 4.39 Å². The van der Waals surface area contributed by atoms with Crippen molar-refractivity contribution in [1.82, 2.24) is 14.9 Å². The summed E-state index contributed by atoms with van der Waals surface area (Å²) in [7, 11) is 0. The van der Waals surface area contributed by atoms with Crippen LogP contribution >= 0.6 is 0 Å². The van der Waals surface area contributed by atoms with Crippen LogP contribution in [-0.2, 0) is 14.3 Å². The number of nitrogens with zero attached hydrogens (tertiary/aromatic N) is 4. The molecule has 0 bridgehead atoms. The van der Waals surface area contributed by atoms with E-state index in [9.17, 15) is 24.3 Å². The second-order valence-corrected chi connectivity index (χ2v) is 13.2. The van der Waals surface area contributed by atoms with Crippen LogP contribution < -0.4 is 4.90 Å². The maximum absolute atomic E-state index is 16.1. The number of imide groups is 1. The van der Waals surface area contributed by atoms with Gasteiger partial charge in [-0.3, -0.25) is 9.59 Å². The molecule has 2 amide bonds. The van der Waals surface area contributed by atoms with Gasteiger partial charge in [-0.25, -0.2) is 23.9 Å². The van der Waals surface area contributed by atoms with Gasteiger partial charge in [0.25, 0.3) is 0 Å². The molecule has 0 radical (unpaired) electrons. The van der Waals surface area contributed by atoms with E-state index in [0.29, 0.717) is 23.8 Å². The number of pyridine rings is 2. The molecule has 1 N–H and O–H groups in total.